The van der Waals surface area contributed by atoms with E-state index in [0.29, 0.717) is 11.8 Å². The van der Waals surface area contributed by atoms with E-state index in [1.54, 1.807) is 0 Å². The third kappa shape index (κ3) is 6.23. The van der Waals surface area contributed by atoms with Crippen molar-refractivity contribution < 1.29 is 18.0 Å². The lowest BCUT2D eigenvalue weighted by Crippen LogP contribution is -2.45. The van der Waals surface area contributed by atoms with E-state index in [4.69, 9.17) is 0 Å². The number of carbonyl (C=O) groups is 1. The van der Waals surface area contributed by atoms with Gasteiger partial charge in [0.15, 0.2) is 0 Å². The molecule has 0 aromatic rings. The normalized spacial score (nSPS) is 29.1. The van der Waals surface area contributed by atoms with Gasteiger partial charge >= 0.3 is 6.18 Å². The molecular weight excluding hydrogens is 245 g/mol. The summed E-state index contributed by atoms with van der Waals surface area (Å²) in [5.74, 6) is 0.759. The highest BCUT2D eigenvalue weighted by Gasteiger charge is 2.27. The van der Waals surface area contributed by atoms with Crippen LogP contribution in [0.15, 0.2) is 0 Å². The summed E-state index contributed by atoms with van der Waals surface area (Å²) >= 11 is 0. The molecule has 1 fully saturated rings. The summed E-state index contributed by atoms with van der Waals surface area (Å²) in [6, 6.07) is 0.101. The predicted octanol–water partition coefficient (Wildman–Crippen LogP) is 2.08. The molecule has 1 amide bonds. The summed E-state index contributed by atoms with van der Waals surface area (Å²) in [4.78, 5) is 11.5. The molecule has 0 aromatic heterocycles. The Kier molecular flexibility index (Phi) is 5.44. The Labute approximate surface area is 106 Å². The Morgan fingerprint density at radius 2 is 1.72 bits per heavy atom. The number of carbonyl (C=O) groups excluding carboxylic acids is 1. The highest BCUT2D eigenvalue weighted by atomic mass is 19.4. The van der Waals surface area contributed by atoms with Crippen LogP contribution < -0.4 is 10.6 Å². The van der Waals surface area contributed by atoms with Crippen LogP contribution in [0.4, 0.5) is 13.2 Å². The fourth-order valence-corrected chi connectivity index (χ4v) is 2.66. The number of amides is 1. The average Bonchev–Trinajstić information content (AvgIpc) is 2.12. The molecule has 18 heavy (non-hydrogen) atoms. The van der Waals surface area contributed by atoms with Crippen molar-refractivity contribution >= 4 is 5.91 Å². The molecule has 1 rings (SSSR count). The zero-order chi connectivity index (χ0) is 13.8. The van der Waals surface area contributed by atoms with E-state index in [1.807, 2.05) is 0 Å². The number of hydrogen-bond donors (Lipinski definition) is 2. The quantitative estimate of drug-likeness (QED) is 0.818. The van der Waals surface area contributed by atoms with Gasteiger partial charge < -0.3 is 10.6 Å². The van der Waals surface area contributed by atoms with Gasteiger partial charge in [-0.05, 0) is 31.1 Å². The standard InChI is InChI=1S/C12H21F3N2O/c1-8-3-9(2)5-10(4-8)17-11(18)6-16-7-12(13,14)15/h8-10,16H,3-7H2,1-2H3,(H,17,18). The molecule has 0 saturated heterocycles. The zero-order valence-electron chi connectivity index (χ0n) is 10.8. The fourth-order valence-electron chi connectivity index (χ4n) is 2.66. The number of rotatable bonds is 4. The Morgan fingerprint density at radius 1 is 1.17 bits per heavy atom. The van der Waals surface area contributed by atoms with Crippen molar-refractivity contribution in [2.24, 2.45) is 11.8 Å². The van der Waals surface area contributed by atoms with Crippen LogP contribution >= 0.6 is 0 Å². The molecule has 0 radical (unpaired) electrons. The Bertz CT molecular complexity index is 271. The average molecular weight is 266 g/mol. The Morgan fingerprint density at radius 3 is 2.22 bits per heavy atom. The van der Waals surface area contributed by atoms with Gasteiger partial charge in [0.2, 0.25) is 5.91 Å². The third-order valence-corrected chi connectivity index (χ3v) is 3.15. The van der Waals surface area contributed by atoms with E-state index in [9.17, 15) is 18.0 Å². The second-order valence-corrected chi connectivity index (χ2v) is 5.40. The van der Waals surface area contributed by atoms with Crippen molar-refractivity contribution in [2.75, 3.05) is 13.1 Å². The van der Waals surface area contributed by atoms with Gasteiger partial charge in [0, 0.05) is 6.04 Å². The largest absolute Gasteiger partial charge is 0.401 e. The molecule has 1 aliphatic rings. The van der Waals surface area contributed by atoms with E-state index in [1.165, 1.54) is 0 Å². The molecule has 0 bridgehead atoms. The van der Waals surface area contributed by atoms with Crippen LogP contribution in [0, 0.1) is 11.8 Å². The molecule has 2 atom stereocenters. The fraction of sp³-hybridized carbons (Fsp3) is 0.917. The summed E-state index contributed by atoms with van der Waals surface area (Å²) in [6.45, 7) is 2.87. The SMILES string of the molecule is CC1CC(C)CC(NC(=O)CNCC(F)(F)F)C1. The molecular formula is C12H21F3N2O. The van der Waals surface area contributed by atoms with Gasteiger partial charge in [-0.2, -0.15) is 13.2 Å². The van der Waals surface area contributed by atoms with Crippen molar-refractivity contribution in [2.45, 2.75) is 45.3 Å². The summed E-state index contributed by atoms with van der Waals surface area (Å²) < 4.78 is 35.6. The topological polar surface area (TPSA) is 41.1 Å². The van der Waals surface area contributed by atoms with Crippen LogP contribution in [0.5, 0.6) is 0 Å². The van der Waals surface area contributed by atoms with Crippen LogP contribution in [0.2, 0.25) is 0 Å². The molecule has 3 nitrogen and oxygen atoms in total. The van der Waals surface area contributed by atoms with E-state index < -0.39 is 12.7 Å². The summed E-state index contributed by atoms with van der Waals surface area (Å²) in [7, 11) is 0. The lowest BCUT2D eigenvalue weighted by atomic mass is 9.80. The van der Waals surface area contributed by atoms with Gasteiger partial charge in [-0.3, -0.25) is 4.79 Å². The van der Waals surface area contributed by atoms with Crippen molar-refractivity contribution in [3.63, 3.8) is 0 Å². The van der Waals surface area contributed by atoms with E-state index in [2.05, 4.69) is 24.5 Å². The lowest BCUT2D eigenvalue weighted by molar-refractivity contribution is -0.128. The van der Waals surface area contributed by atoms with Gasteiger partial charge in [-0.15, -0.1) is 0 Å². The minimum Gasteiger partial charge on any atom is -0.352 e. The second kappa shape index (κ2) is 6.41. The van der Waals surface area contributed by atoms with E-state index in [0.717, 1.165) is 19.3 Å². The Balaban J connectivity index is 2.23. The highest BCUT2D eigenvalue weighted by Crippen LogP contribution is 2.28. The van der Waals surface area contributed by atoms with E-state index in [-0.39, 0.29) is 18.5 Å². The highest BCUT2D eigenvalue weighted by molar-refractivity contribution is 5.78. The molecule has 1 aliphatic carbocycles. The van der Waals surface area contributed by atoms with Gasteiger partial charge in [-0.25, -0.2) is 0 Å². The van der Waals surface area contributed by atoms with Gasteiger partial charge in [-0.1, -0.05) is 13.8 Å². The van der Waals surface area contributed by atoms with Gasteiger partial charge in [0.05, 0.1) is 13.1 Å². The van der Waals surface area contributed by atoms with Crippen LogP contribution in [0.1, 0.15) is 33.1 Å². The summed E-state index contributed by atoms with van der Waals surface area (Å²) in [5, 5.41) is 4.90. The van der Waals surface area contributed by atoms with Crippen LogP contribution in [0.25, 0.3) is 0 Å². The Hall–Kier alpha value is -0.780. The van der Waals surface area contributed by atoms with Gasteiger partial charge in [0.1, 0.15) is 0 Å². The maximum Gasteiger partial charge on any atom is 0.401 e. The minimum absolute atomic E-state index is 0.101. The molecule has 6 heteroatoms. The maximum atomic E-state index is 11.9. The second-order valence-electron chi connectivity index (χ2n) is 5.40. The molecule has 0 aromatic carbocycles. The molecule has 2 N–H and O–H groups in total. The molecule has 2 unspecified atom stereocenters. The molecule has 106 valence electrons. The van der Waals surface area contributed by atoms with Crippen molar-refractivity contribution in [1.29, 1.82) is 0 Å². The number of halogens is 3. The molecule has 1 saturated carbocycles. The first-order chi connectivity index (χ1) is 8.26. The third-order valence-electron chi connectivity index (χ3n) is 3.15. The van der Waals surface area contributed by atoms with Crippen LogP contribution in [-0.4, -0.2) is 31.2 Å². The van der Waals surface area contributed by atoms with Crippen molar-refractivity contribution in [3.05, 3.63) is 0 Å². The zero-order valence-corrected chi connectivity index (χ0v) is 10.8. The first-order valence-electron chi connectivity index (χ1n) is 6.33. The monoisotopic (exact) mass is 266 g/mol. The number of nitrogens with one attached hydrogen (secondary N) is 2. The molecule has 0 heterocycles. The maximum absolute atomic E-state index is 11.9. The summed E-state index contributed by atoms with van der Waals surface area (Å²) in [6.07, 6.45) is -1.29. The van der Waals surface area contributed by atoms with Crippen molar-refractivity contribution in [3.8, 4) is 0 Å². The minimum atomic E-state index is -4.27. The molecule has 0 spiro atoms. The number of hydrogen-bond acceptors (Lipinski definition) is 2. The van der Waals surface area contributed by atoms with Crippen LogP contribution in [0.3, 0.4) is 0 Å². The smallest absolute Gasteiger partial charge is 0.352 e. The van der Waals surface area contributed by atoms with Crippen LogP contribution in [-0.2, 0) is 4.79 Å². The molecule has 0 aliphatic heterocycles. The predicted molar refractivity (Wildman–Crippen MR) is 63.0 cm³/mol. The first kappa shape index (κ1) is 15.3. The lowest BCUT2D eigenvalue weighted by Gasteiger charge is -2.32. The van der Waals surface area contributed by atoms with Crippen molar-refractivity contribution in [1.82, 2.24) is 10.6 Å². The summed E-state index contributed by atoms with van der Waals surface area (Å²) in [5.41, 5.74) is 0. The first-order valence-corrected chi connectivity index (χ1v) is 6.33. The number of alkyl halides is 3. The van der Waals surface area contributed by atoms with E-state index >= 15 is 0 Å². The van der Waals surface area contributed by atoms with Gasteiger partial charge in [0.25, 0.3) is 0 Å².